The number of hydrogen-bond donors (Lipinski definition) is 1. The fourth-order valence-corrected chi connectivity index (χ4v) is 3.43. The zero-order valence-electron chi connectivity index (χ0n) is 14.1. The third-order valence-corrected chi connectivity index (χ3v) is 4.73. The van der Waals surface area contributed by atoms with Gasteiger partial charge in [0.05, 0.1) is 0 Å². The van der Waals surface area contributed by atoms with Gasteiger partial charge in [-0.25, -0.2) is 8.78 Å². The van der Waals surface area contributed by atoms with Gasteiger partial charge in [-0.2, -0.15) is 0 Å². The predicted molar refractivity (Wildman–Crippen MR) is 92.7 cm³/mol. The van der Waals surface area contributed by atoms with E-state index in [2.05, 4.69) is 15.5 Å². The standard InChI is InChI=1S/C19H18F2N4O/c20-14-8-13(9-15(21)11-14)18-24-23-17-10-12(6-7-25(17)18)19(26)22-16-4-2-1-3-5-16/h6-11,16H,1-5H2,(H,22,26). The highest BCUT2D eigenvalue weighted by Crippen LogP contribution is 2.22. The maximum Gasteiger partial charge on any atom is 0.251 e. The fraction of sp³-hybridized carbons (Fsp3) is 0.316. The molecule has 0 saturated heterocycles. The maximum atomic E-state index is 13.5. The Bertz CT molecular complexity index is 943. The summed E-state index contributed by atoms with van der Waals surface area (Å²) in [5.41, 5.74) is 1.22. The van der Waals surface area contributed by atoms with Gasteiger partial charge in [0, 0.05) is 29.4 Å². The van der Waals surface area contributed by atoms with E-state index in [1.807, 2.05) is 0 Å². The molecule has 1 amide bonds. The summed E-state index contributed by atoms with van der Waals surface area (Å²) in [7, 11) is 0. The van der Waals surface area contributed by atoms with Gasteiger partial charge in [0.25, 0.3) is 5.91 Å². The summed E-state index contributed by atoms with van der Waals surface area (Å²) in [5.74, 6) is -1.18. The van der Waals surface area contributed by atoms with E-state index in [1.165, 1.54) is 18.6 Å². The van der Waals surface area contributed by atoms with Crippen molar-refractivity contribution >= 4 is 11.6 Å². The Morgan fingerprint density at radius 2 is 1.77 bits per heavy atom. The lowest BCUT2D eigenvalue weighted by molar-refractivity contribution is 0.0927. The molecule has 0 atom stereocenters. The lowest BCUT2D eigenvalue weighted by atomic mass is 9.95. The molecule has 26 heavy (non-hydrogen) atoms. The van der Waals surface area contributed by atoms with Crippen LogP contribution in [0, 0.1) is 11.6 Å². The van der Waals surface area contributed by atoms with Crippen LogP contribution in [0.5, 0.6) is 0 Å². The van der Waals surface area contributed by atoms with Crippen LogP contribution in [0.15, 0.2) is 36.5 Å². The van der Waals surface area contributed by atoms with Gasteiger partial charge in [0.2, 0.25) is 0 Å². The number of carbonyl (C=O) groups is 1. The zero-order valence-corrected chi connectivity index (χ0v) is 14.1. The van der Waals surface area contributed by atoms with E-state index in [4.69, 9.17) is 0 Å². The van der Waals surface area contributed by atoms with Gasteiger partial charge >= 0.3 is 0 Å². The highest BCUT2D eigenvalue weighted by molar-refractivity contribution is 5.95. The molecule has 1 N–H and O–H groups in total. The number of halogens is 2. The molecule has 1 aliphatic rings. The van der Waals surface area contributed by atoms with Gasteiger partial charge in [-0.3, -0.25) is 9.20 Å². The first-order chi connectivity index (χ1) is 12.6. The Morgan fingerprint density at radius 3 is 2.50 bits per heavy atom. The molecule has 4 rings (SSSR count). The number of pyridine rings is 1. The third kappa shape index (κ3) is 3.29. The van der Waals surface area contributed by atoms with E-state index in [-0.39, 0.29) is 17.5 Å². The molecule has 1 fully saturated rings. The number of rotatable bonds is 3. The summed E-state index contributed by atoms with van der Waals surface area (Å²) in [6.45, 7) is 0. The molecule has 5 nitrogen and oxygen atoms in total. The largest absolute Gasteiger partial charge is 0.349 e. The SMILES string of the molecule is O=C(NC1CCCCC1)c1ccn2c(-c3cc(F)cc(F)c3)nnc2c1. The van der Waals surface area contributed by atoms with E-state index >= 15 is 0 Å². The normalized spacial score (nSPS) is 15.3. The minimum atomic E-state index is -0.680. The van der Waals surface area contributed by atoms with Crippen LogP contribution in [0.2, 0.25) is 0 Å². The topological polar surface area (TPSA) is 59.3 Å². The van der Waals surface area contributed by atoms with Crippen LogP contribution in [0.4, 0.5) is 8.78 Å². The van der Waals surface area contributed by atoms with E-state index < -0.39 is 11.6 Å². The van der Waals surface area contributed by atoms with Gasteiger partial charge in [-0.15, -0.1) is 10.2 Å². The fourth-order valence-electron chi connectivity index (χ4n) is 3.43. The Kier molecular flexibility index (Phi) is 4.36. The molecule has 1 aliphatic carbocycles. The molecule has 134 valence electrons. The Labute approximate surface area is 149 Å². The van der Waals surface area contributed by atoms with E-state index in [9.17, 15) is 13.6 Å². The molecule has 2 aromatic heterocycles. The summed E-state index contributed by atoms with van der Waals surface area (Å²) in [6, 6.07) is 6.71. The van der Waals surface area contributed by atoms with Crippen LogP contribution in [0.25, 0.3) is 17.0 Å². The average molecular weight is 356 g/mol. The van der Waals surface area contributed by atoms with Gasteiger partial charge < -0.3 is 5.32 Å². The van der Waals surface area contributed by atoms with Gasteiger partial charge in [-0.05, 0) is 37.1 Å². The molecule has 3 aromatic rings. The van der Waals surface area contributed by atoms with Crippen molar-refractivity contribution in [1.29, 1.82) is 0 Å². The number of carbonyl (C=O) groups excluding carboxylic acids is 1. The Balaban J connectivity index is 1.61. The van der Waals surface area contributed by atoms with Crippen LogP contribution in [0.3, 0.4) is 0 Å². The van der Waals surface area contributed by atoms with Crippen molar-refractivity contribution in [1.82, 2.24) is 19.9 Å². The Morgan fingerprint density at radius 1 is 1.04 bits per heavy atom. The molecule has 0 unspecified atom stereocenters. The number of nitrogens with one attached hydrogen (secondary N) is 1. The monoisotopic (exact) mass is 356 g/mol. The summed E-state index contributed by atoms with van der Waals surface area (Å²) in [4.78, 5) is 12.5. The molecule has 0 aliphatic heterocycles. The first-order valence-corrected chi connectivity index (χ1v) is 8.72. The smallest absolute Gasteiger partial charge is 0.251 e. The van der Waals surface area contributed by atoms with E-state index in [0.717, 1.165) is 31.7 Å². The van der Waals surface area contributed by atoms with Crippen LogP contribution in [-0.2, 0) is 0 Å². The maximum absolute atomic E-state index is 13.5. The number of benzene rings is 1. The minimum absolute atomic E-state index is 0.138. The molecule has 0 spiro atoms. The van der Waals surface area contributed by atoms with E-state index in [1.54, 1.807) is 22.7 Å². The first-order valence-electron chi connectivity index (χ1n) is 8.72. The van der Waals surface area contributed by atoms with Gasteiger partial charge in [-0.1, -0.05) is 19.3 Å². The summed E-state index contributed by atoms with van der Waals surface area (Å²) in [6.07, 6.45) is 7.16. The minimum Gasteiger partial charge on any atom is -0.349 e. The zero-order chi connectivity index (χ0) is 18.1. The van der Waals surface area contributed by atoms with Crippen LogP contribution < -0.4 is 5.32 Å². The lowest BCUT2D eigenvalue weighted by Crippen LogP contribution is -2.36. The van der Waals surface area contributed by atoms with E-state index in [0.29, 0.717) is 17.0 Å². The van der Waals surface area contributed by atoms with Crippen molar-refractivity contribution in [3.8, 4) is 11.4 Å². The lowest BCUT2D eigenvalue weighted by Gasteiger charge is -2.22. The Hall–Kier alpha value is -2.83. The van der Waals surface area contributed by atoms with Crippen LogP contribution in [-0.4, -0.2) is 26.5 Å². The van der Waals surface area contributed by atoms with Crippen LogP contribution in [0.1, 0.15) is 42.5 Å². The molecule has 1 aromatic carbocycles. The highest BCUT2D eigenvalue weighted by Gasteiger charge is 2.18. The molecule has 2 heterocycles. The molecule has 1 saturated carbocycles. The quantitative estimate of drug-likeness (QED) is 0.778. The second-order valence-electron chi connectivity index (χ2n) is 6.63. The predicted octanol–water partition coefficient (Wildman–Crippen LogP) is 3.74. The van der Waals surface area contributed by atoms with Crippen molar-refractivity contribution in [2.24, 2.45) is 0 Å². The average Bonchev–Trinajstić information content (AvgIpc) is 3.05. The summed E-state index contributed by atoms with van der Waals surface area (Å²) >= 11 is 0. The molecular formula is C19H18F2N4O. The molecule has 7 heteroatoms. The van der Waals surface area contributed by atoms with Crippen molar-refractivity contribution in [3.05, 3.63) is 53.7 Å². The molecular weight excluding hydrogens is 338 g/mol. The van der Waals surface area contributed by atoms with Crippen molar-refractivity contribution in [3.63, 3.8) is 0 Å². The number of hydrogen-bond acceptors (Lipinski definition) is 3. The first kappa shape index (κ1) is 16.6. The van der Waals surface area contributed by atoms with Crippen molar-refractivity contribution < 1.29 is 13.6 Å². The molecule has 0 bridgehead atoms. The highest BCUT2D eigenvalue weighted by atomic mass is 19.1. The number of nitrogens with zero attached hydrogens (tertiary/aromatic N) is 3. The van der Waals surface area contributed by atoms with Crippen molar-refractivity contribution in [2.75, 3.05) is 0 Å². The molecule has 0 radical (unpaired) electrons. The number of fused-ring (bicyclic) bond motifs is 1. The summed E-state index contributed by atoms with van der Waals surface area (Å²) < 4.78 is 28.5. The van der Waals surface area contributed by atoms with Crippen LogP contribution >= 0.6 is 0 Å². The van der Waals surface area contributed by atoms with Gasteiger partial charge in [0.1, 0.15) is 11.6 Å². The number of amides is 1. The second-order valence-corrected chi connectivity index (χ2v) is 6.63. The second kappa shape index (κ2) is 6.82. The third-order valence-electron chi connectivity index (χ3n) is 4.73. The summed E-state index contributed by atoms with van der Waals surface area (Å²) in [5, 5.41) is 11.1. The number of aromatic nitrogens is 3. The van der Waals surface area contributed by atoms with Gasteiger partial charge in [0.15, 0.2) is 11.5 Å². The van der Waals surface area contributed by atoms with Crippen molar-refractivity contribution in [2.45, 2.75) is 38.1 Å².